The van der Waals surface area contributed by atoms with Gasteiger partial charge in [0.15, 0.2) is 5.13 Å². The Bertz CT molecular complexity index is 258. The maximum absolute atomic E-state index is 5.54. The molecule has 1 saturated heterocycles. The average molecular weight is 220 g/mol. The highest BCUT2D eigenvalue weighted by molar-refractivity contribution is 7.15. The molecule has 0 radical (unpaired) electrons. The Kier molecular flexibility index (Phi) is 3.96. The summed E-state index contributed by atoms with van der Waals surface area (Å²) < 4.78 is 0. The third-order valence-electron chi connectivity index (χ3n) is 2.15. The first-order valence-electron chi connectivity index (χ1n) is 4.27. The fraction of sp³-hybridized carbons (Fsp3) is 0.625. The van der Waals surface area contributed by atoms with Crippen LogP contribution in [-0.4, -0.2) is 23.0 Å². The van der Waals surface area contributed by atoms with Crippen molar-refractivity contribution in [2.75, 3.05) is 18.8 Å². The van der Waals surface area contributed by atoms with E-state index in [2.05, 4.69) is 9.88 Å². The third kappa shape index (κ3) is 2.83. The van der Waals surface area contributed by atoms with Gasteiger partial charge < -0.3 is 5.73 Å². The normalized spacial score (nSPS) is 17.2. The van der Waals surface area contributed by atoms with Gasteiger partial charge in [-0.3, -0.25) is 4.90 Å². The predicted molar refractivity (Wildman–Crippen MR) is 58.3 cm³/mol. The number of anilines is 1. The van der Waals surface area contributed by atoms with Crippen LogP contribution in [0.2, 0.25) is 0 Å². The van der Waals surface area contributed by atoms with Crippen LogP contribution >= 0.6 is 23.7 Å². The zero-order valence-electron chi connectivity index (χ0n) is 7.40. The van der Waals surface area contributed by atoms with Gasteiger partial charge in [0.25, 0.3) is 0 Å². The Morgan fingerprint density at radius 3 is 2.69 bits per heavy atom. The lowest BCUT2D eigenvalue weighted by Crippen LogP contribution is -2.17. The zero-order valence-corrected chi connectivity index (χ0v) is 9.03. The van der Waals surface area contributed by atoms with Gasteiger partial charge in [-0.2, -0.15) is 0 Å². The first-order chi connectivity index (χ1) is 5.84. The SMILES string of the molecule is Cl.Nc1ncc(CN2CCCC2)s1. The Morgan fingerprint density at radius 1 is 1.46 bits per heavy atom. The first-order valence-corrected chi connectivity index (χ1v) is 5.09. The highest BCUT2D eigenvalue weighted by Gasteiger charge is 2.12. The molecule has 2 rings (SSSR count). The molecular weight excluding hydrogens is 206 g/mol. The van der Waals surface area contributed by atoms with Crippen molar-refractivity contribution in [2.45, 2.75) is 19.4 Å². The van der Waals surface area contributed by atoms with Crippen molar-refractivity contribution >= 4 is 28.9 Å². The maximum Gasteiger partial charge on any atom is 0.180 e. The van der Waals surface area contributed by atoms with Crippen LogP contribution < -0.4 is 5.73 Å². The van der Waals surface area contributed by atoms with Gasteiger partial charge in [-0.1, -0.05) is 0 Å². The summed E-state index contributed by atoms with van der Waals surface area (Å²) in [6, 6.07) is 0. The van der Waals surface area contributed by atoms with Crippen molar-refractivity contribution in [3.8, 4) is 0 Å². The number of hydrogen-bond donors (Lipinski definition) is 1. The molecule has 2 heterocycles. The number of likely N-dealkylation sites (tertiary alicyclic amines) is 1. The van der Waals surface area contributed by atoms with E-state index in [0.29, 0.717) is 5.13 Å². The summed E-state index contributed by atoms with van der Waals surface area (Å²) in [4.78, 5) is 7.77. The second kappa shape index (κ2) is 4.79. The van der Waals surface area contributed by atoms with E-state index in [1.165, 1.54) is 30.8 Å². The summed E-state index contributed by atoms with van der Waals surface area (Å²) in [5.41, 5.74) is 5.54. The fourth-order valence-corrected chi connectivity index (χ4v) is 2.28. The molecule has 0 aromatic carbocycles. The number of halogens is 1. The molecular formula is C8H14ClN3S. The van der Waals surface area contributed by atoms with Gasteiger partial charge in [0.05, 0.1) is 0 Å². The highest BCUT2D eigenvalue weighted by Crippen LogP contribution is 2.18. The quantitative estimate of drug-likeness (QED) is 0.824. The van der Waals surface area contributed by atoms with Crippen molar-refractivity contribution in [1.29, 1.82) is 0 Å². The van der Waals surface area contributed by atoms with Crippen molar-refractivity contribution in [1.82, 2.24) is 9.88 Å². The molecule has 1 aliphatic heterocycles. The van der Waals surface area contributed by atoms with Gasteiger partial charge >= 0.3 is 0 Å². The zero-order chi connectivity index (χ0) is 8.39. The summed E-state index contributed by atoms with van der Waals surface area (Å²) in [6.07, 6.45) is 4.57. The molecule has 0 saturated carbocycles. The minimum absolute atomic E-state index is 0. The average Bonchev–Trinajstić information content (AvgIpc) is 2.63. The van der Waals surface area contributed by atoms with Gasteiger partial charge in [-0.25, -0.2) is 4.98 Å². The molecule has 1 aromatic rings. The predicted octanol–water partition coefficient (Wildman–Crippen LogP) is 1.74. The summed E-state index contributed by atoms with van der Waals surface area (Å²) in [7, 11) is 0. The first kappa shape index (κ1) is 10.8. The van der Waals surface area contributed by atoms with Crippen molar-refractivity contribution in [2.24, 2.45) is 0 Å². The van der Waals surface area contributed by atoms with E-state index < -0.39 is 0 Å². The van der Waals surface area contributed by atoms with Gasteiger partial charge in [0.2, 0.25) is 0 Å². The van der Waals surface area contributed by atoms with E-state index in [1.54, 1.807) is 11.3 Å². The van der Waals surface area contributed by atoms with Gasteiger partial charge in [0.1, 0.15) is 0 Å². The van der Waals surface area contributed by atoms with E-state index in [0.717, 1.165) is 6.54 Å². The fourth-order valence-electron chi connectivity index (χ4n) is 1.56. The third-order valence-corrected chi connectivity index (χ3v) is 2.96. The Labute approximate surface area is 88.4 Å². The topological polar surface area (TPSA) is 42.1 Å². The van der Waals surface area contributed by atoms with E-state index in [4.69, 9.17) is 5.73 Å². The Hall–Kier alpha value is -0.320. The summed E-state index contributed by atoms with van der Waals surface area (Å²) in [5.74, 6) is 0. The molecule has 1 fully saturated rings. The van der Waals surface area contributed by atoms with Gasteiger partial charge in [0, 0.05) is 17.6 Å². The molecule has 0 spiro atoms. The molecule has 1 aromatic heterocycles. The molecule has 0 bridgehead atoms. The summed E-state index contributed by atoms with van der Waals surface area (Å²) >= 11 is 1.60. The van der Waals surface area contributed by atoms with Crippen LogP contribution in [0.25, 0.3) is 0 Å². The lowest BCUT2D eigenvalue weighted by molar-refractivity contribution is 0.334. The van der Waals surface area contributed by atoms with E-state index in [1.807, 2.05) is 6.20 Å². The Morgan fingerprint density at radius 2 is 2.15 bits per heavy atom. The number of aromatic nitrogens is 1. The molecule has 13 heavy (non-hydrogen) atoms. The summed E-state index contributed by atoms with van der Waals surface area (Å²) in [5, 5.41) is 0.684. The van der Waals surface area contributed by atoms with E-state index in [-0.39, 0.29) is 12.4 Å². The standard InChI is InChI=1S/C8H13N3S.ClH/c9-8-10-5-7(12-8)6-11-3-1-2-4-11;/h5H,1-4,6H2,(H2,9,10);1H. The molecule has 5 heteroatoms. The minimum atomic E-state index is 0. The van der Waals surface area contributed by atoms with E-state index in [9.17, 15) is 0 Å². The minimum Gasteiger partial charge on any atom is -0.375 e. The highest BCUT2D eigenvalue weighted by atomic mass is 35.5. The monoisotopic (exact) mass is 219 g/mol. The lowest BCUT2D eigenvalue weighted by atomic mass is 10.4. The second-order valence-electron chi connectivity index (χ2n) is 3.15. The smallest absolute Gasteiger partial charge is 0.180 e. The van der Waals surface area contributed by atoms with Crippen molar-refractivity contribution in [3.63, 3.8) is 0 Å². The number of nitrogens with zero attached hydrogens (tertiary/aromatic N) is 2. The molecule has 1 aliphatic rings. The molecule has 0 unspecified atom stereocenters. The van der Waals surface area contributed by atoms with Crippen LogP contribution in [0.5, 0.6) is 0 Å². The number of nitrogens with two attached hydrogens (primary N) is 1. The summed E-state index contributed by atoms with van der Waals surface area (Å²) in [6.45, 7) is 3.50. The van der Waals surface area contributed by atoms with Crippen LogP contribution in [0.1, 0.15) is 17.7 Å². The van der Waals surface area contributed by atoms with Crippen LogP contribution in [0.15, 0.2) is 6.20 Å². The molecule has 3 nitrogen and oxygen atoms in total. The molecule has 74 valence electrons. The lowest BCUT2D eigenvalue weighted by Gasteiger charge is -2.11. The van der Waals surface area contributed by atoms with Gasteiger partial charge in [-0.05, 0) is 25.9 Å². The van der Waals surface area contributed by atoms with Crippen molar-refractivity contribution < 1.29 is 0 Å². The van der Waals surface area contributed by atoms with E-state index >= 15 is 0 Å². The number of rotatable bonds is 2. The van der Waals surface area contributed by atoms with Crippen molar-refractivity contribution in [3.05, 3.63) is 11.1 Å². The van der Waals surface area contributed by atoms with Crippen LogP contribution in [0, 0.1) is 0 Å². The molecule has 0 aliphatic carbocycles. The molecule has 2 N–H and O–H groups in total. The van der Waals surface area contributed by atoms with Crippen LogP contribution in [-0.2, 0) is 6.54 Å². The second-order valence-corrected chi connectivity index (χ2v) is 4.29. The maximum atomic E-state index is 5.54. The molecule has 0 atom stereocenters. The number of nitrogen functional groups attached to an aromatic ring is 1. The number of thiazole rings is 1. The largest absolute Gasteiger partial charge is 0.375 e. The number of hydrogen-bond acceptors (Lipinski definition) is 4. The Balaban J connectivity index is 0.000000845. The van der Waals surface area contributed by atoms with Gasteiger partial charge in [-0.15, -0.1) is 23.7 Å². The molecule has 0 amide bonds. The van der Waals surface area contributed by atoms with Crippen LogP contribution in [0.4, 0.5) is 5.13 Å². The van der Waals surface area contributed by atoms with Crippen LogP contribution in [0.3, 0.4) is 0 Å².